The molecule has 1 aliphatic rings. The summed E-state index contributed by atoms with van der Waals surface area (Å²) in [5, 5.41) is 10.3. The Morgan fingerprint density at radius 3 is 1.58 bits per heavy atom. The highest BCUT2D eigenvalue weighted by Crippen LogP contribution is 2.33. The van der Waals surface area contributed by atoms with E-state index in [0.717, 1.165) is 24.2 Å². The molecule has 10 nitrogen and oxygen atoms in total. The summed E-state index contributed by atoms with van der Waals surface area (Å²) in [6.07, 6.45) is -0.508. The molecule has 0 aromatic heterocycles. The van der Waals surface area contributed by atoms with Gasteiger partial charge in [-0.15, -0.1) is 0 Å². The minimum absolute atomic E-state index is 0.0519. The van der Waals surface area contributed by atoms with Crippen molar-refractivity contribution in [3.05, 3.63) is 58.7 Å². The van der Waals surface area contributed by atoms with Gasteiger partial charge >= 0.3 is 12.1 Å². The van der Waals surface area contributed by atoms with Crippen molar-refractivity contribution in [3.8, 4) is 23.0 Å². The number of nitrogens with one attached hydrogen (secondary N) is 1. The number of carbonyl (C=O) groups is 3. The van der Waals surface area contributed by atoms with E-state index in [2.05, 4.69) is 10.2 Å². The minimum Gasteiger partial charge on any atom is -0.493 e. The highest BCUT2D eigenvalue weighted by molar-refractivity contribution is 6.14. The first kappa shape index (κ1) is 36.7. The number of likely N-dealkylation sites (N-methyl/N-ethyl adjacent to an activating group) is 1. The molecular formula is C32H39F3N2O8. The average Bonchev–Trinajstić information content (AvgIpc) is 3.01. The second-order valence-corrected chi connectivity index (χ2v) is 9.83. The summed E-state index contributed by atoms with van der Waals surface area (Å²) in [5.74, 6) is -0.480. The summed E-state index contributed by atoms with van der Waals surface area (Å²) >= 11 is 0. The van der Waals surface area contributed by atoms with Crippen molar-refractivity contribution in [1.29, 1.82) is 0 Å². The third kappa shape index (κ3) is 10.9. The number of ketones is 1. The molecule has 0 aliphatic heterocycles. The minimum atomic E-state index is -5.08. The molecule has 1 fully saturated rings. The number of halogens is 3. The predicted molar refractivity (Wildman–Crippen MR) is 163 cm³/mol. The Morgan fingerprint density at radius 2 is 1.24 bits per heavy atom. The molecule has 2 aromatic rings. The van der Waals surface area contributed by atoms with Gasteiger partial charge in [-0.2, -0.15) is 13.2 Å². The fourth-order valence-corrected chi connectivity index (χ4v) is 4.56. The molecule has 1 aliphatic carbocycles. The summed E-state index contributed by atoms with van der Waals surface area (Å²) in [7, 11) is 6.31. The van der Waals surface area contributed by atoms with E-state index in [1.165, 1.54) is 0 Å². The quantitative estimate of drug-likeness (QED) is 0.328. The number of ether oxygens (including phenoxy) is 4. The standard InChI is InChI=1S/C30H38N2O6.C2HF3O2/c1-7-32(8-2)19-29(33)31-24-17-22(13-20-9-11-25(35-3)27(15-20)37-5)30(34)23(18-24)14-21-10-12-26(36-4)28(16-21)38-6;3-2(4,5)1(6)7/h9-16,24H,7-8,17-19H2,1-6H3,(H,31,33);(H,6,7)/b22-13+,23-14+;. The van der Waals surface area contributed by atoms with Crippen LogP contribution >= 0.6 is 0 Å². The average molecular weight is 637 g/mol. The van der Waals surface area contributed by atoms with Crippen molar-refractivity contribution in [2.75, 3.05) is 48.1 Å². The van der Waals surface area contributed by atoms with Crippen molar-refractivity contribution in [3.63, 3.8) is 0 Å². The zero-order chi connectivity index (χ0) is 33.7. The van der Waals surface area contributed by atoms with Crippen LogP contribution in [0.2, 0.25) is 0 Å². The summed E-state index contributed by atoms with van der Waals surface area (Å²) in [6.45, 7) is 5.97. The van der Waals surface area contributed by atoms with Crippen molar-refractivity contribution in [2.24, 2.45) is 0 Å². The highest BCUT2D eigenvalue weighted by atomic mass is 19.4. The maximum atomic E-state index is 13.6. The molecule has 13 heteroatoms. The Hall–Kier alpha value is -4.52. The number of carbonyl (C=O) groups excluding carboxylic acids is 2. The molecule has 1 amide bonds. The van der Waals surface area contributed by atoms with E-state index in [1.54, 1.807) is 28.4 Å². The fraction of sp³-hybridized carbons (Fsp3) is 0.406. The van der Waals surface area contributed by atoms with E-state index < -0.39 is 12.1 Å². The number of benzene rings is 2. The smallest absolute Gasteiger partial charge is 0.490 e. The van der Waals surface area contributed by atoms with Crippen LogP contribution in [0.3, 0.4) is 0 Å². The number of hydrogen-bond donors (Lipinski definition) is 2. The molecule has 2 N–H and O–H groups in total. The summed E-state index contributed by atoms with van der Waals surface area (Å²) in [5.41, 5.74) is 2.85. The van der Waals surface area contributed by atoms with Crippen LogP contribution in [0.15, 0.2) is 47.5 Å². The Morgan fingerprint density at radius 1 is 0.844 bits per heavy atom. The molecule has 0 heterocycles. The number of alkyl halides is 3. The lowest BCUT2D eigenvalue weighted by molar-refractivity contribution is -0.192. The van der Waals surface area contributed by atoms with Crippen molar-refractivity contribution in [2.45, 2.75) is 38.9 Å². The molecule has 3 rings (SSSR count). The Kier molecular flexibility index (Phi) is 13.9. The number of carboxylic acids is 1. The zero-order valence-electron chi connectivity index (χ0n) is 26.1. The zero-order valence-corrected chi connectivity index (χ0v) is 26.1. The number of nitrogens with zero attached hydrogens (tertiary/aromatic N) is 1. The van der Waals surface area contributed by atoms with Gasteiger partial charge in [0.05, 0.1) is 35.0 Å². The van der Waals surface area contributed by atoms with Crippen LogP contribution in [0.4, 0.5) is 13.2 Å². The number of amides is 1. The monoisotopic (exact) mass is 636 g/mol. The van der Waals surface area contributed by atoms with Gasteiger partial charge in [-0.25, -0.2) is 4.79 Å². The summed E-state index contributed by atoms with van der Waals surface area (Å²) < 4.78 is 53.3. The Labute approximate surface area is 260 Å². The van der Waals surface area contributed by atoms with Gasteiger partial charge in [-0.05, 0) is 73.5 Å². The second-order valence-electron chi connectivity index (χ2n) is 9.83. The normalized spacial score (nSPS) is 16.6. The molecule has 0 atom stereocenters. The first-order valence-electron chi connectivity index (χ1n) is 14.0. The molecule has 0 radical (unpaired) electrons. The molecule has 246 valence electrons. The van der Waals surface area contributed by atoms with Crippen LogP contribution in [0.5, 0.6) is 23.0 Å². The largest absolute Gasteiger partial charge is 0.493 e. The Bertz CT molecular complexity index is 1320. The molecule has 1 saturated carbocycles. The Balaban J connectivity index is 0.000000900. The van der Waals surface area contributed by atoms with Gasteiger partial charge in [-0.3, -0.25) is 14.5 Å². The molecule has 2 aromatic carbocycles. The van der Waals surface area contributed by atoms with Gasteiger partial charge in [0.25, 0.3) is 0 Å². The van der Waals surface area contributed by atoms with Crippen LogP contribution in [0.25, 0.3) is 12.2 Å². The topological polar surface area (TPSA) is 124 Å². The first-order valence-corrected chi connectivity index (χ1v) is 14.0. The predicted octanol–water partition coefficient (Wildman–Crippen LogP) is 5.01. The fourth-order valence-electron chi connectivity index (χ4n) is 4.56. The van der Waals surface area contributed by atoms with E-state index in [0.29, 0.717) is 53.5 Å². The van der Waals surface area contributed by atoms with Crippen LogP contribution in [-0.4, -0.2) is 88.0 Å². The summed E-state index contributed by atoms with van der Waals surface area (Å²) in [6, 6.07) is 10.8. The second kappa shape index (κ2) is 17.1. The molecule has 0 unspecified atom stereocenters. The third-order valence-corrected chi connectivity index (χ3v) is 6.88. The maximum absolute atomic E-state index is 13.6. The van der Waals surface area contributed by atoms with Gasteiger partial charge in [-0.1, -0.05) is 26.0 Å². The molecule has 45 heavy (non-hydrogen) atoms. The molecule has 0 saturated heterocycles. The number of aliphatic carboxylic acids is 1. The maximum Gasteiger partial charge on any atom is 0.490 e. The lowest BCUT2D eigenvalue weighted by Gasteiger charge is -2.28. The van der Waals surface area contributed by atoms with Crippen LogP contribution < -0.4 is 24.3 Å². The summed E-state index contributed by atoms with van der Waals surface area (Å²) in [4.78, 5) is 37.4. The van der Waals surface area contributed by atoms with Gasteiger partial charge in [0.1, 0.15) is 0 Å². The van der Waals surface area contributed by atoms with Crippen molar-refractivity contribution in [1.82, 2.24) is 10.2 Å². The van der Waals surface area contributed by atoms with Crippen molar-refractivity contribution >= 4 is 29.8 Å². The lowest BCUT2D eigenvalue weighted by Crippen LogP contribution is -2.44. The number of carboxylic acid groups (broad SMARTS) is 1. The third-order valence-electron chi connectivity index (χ3n) is 6.88. The number of hydrogen-bond acceptors (Lipinski definition) is 8. The van der Waals surface area contributed by atoms with Gasteiger partial charge in [0, 0.05) is 17.2 Å². The van der Waals surface area contributed by atoms with E-state index in [9.17, 15) is 22.8 Å². The first-order chi connectivity index (χ1) is 21.3. The van der Waals surface area contributed by atoms with E-state index in [1.807, 2.05) is 62.4 Å². The van der Waals surface area contributed by atoms with Crippen molar-refractivity contribution < 1.29 is 51.6 Å². The van der Waals surface area contributed by atoms with Crippen LogP contribution in [-0.2, 0) is 14.4 Å². The van der Waals surface area contributed by atoms with E-state index in [-0.39, 0.29) is 17.7 Å². The molecule has 0 spiro atoms. The van der Waals surface area contributed by atoms with Crippen LogP contribution in [0, 0.1) is 0 Å². The van der Waals surface area contributed by atoms with E-state index >= 15 is 0 Å². The van der Waals surface area contributed by atoms with Gasteiger partial charge < -0.3 is 29.4 Å². The SMILES string of the molecule is CCN(CC)CC(=O)NC1C/C(=C\c2ccc(OC)c(OC)c2)C(=O)/C(=C/c2ccc(OC)c(OC)c2)C1.O=C(O)C(F)(F)F. The molecule has 0 bridgehead atoms. The van der Waals surface area contributed by atoms with Gasteiger partial charge in [0.15, 0.2) is 28.8 Å². The van der Waals surface area contributed by atoms with E-state index in [4.69, 9.17) is 28.8 Å². The number of rotatable bonds is 11. The molecular weight excluding hydrogens is 597 g/mol. The highest BCUT2D eigenvalue weighted by Gasteiger charge is 2.38. The van der Waals surface area contributed by atoms with Crippen LogP contribution in [0.1, 0.15) is 37.8 Å². The number of Topliss-reactive ketones (excluding diaryl/α,β-unsaturated/α-hetero) is 1. The lowest BCUT2D eigenvalue weighted by atomic mass is 9.83. The number of methoxy groups -OCH3 is 4. The van der Waals surface area contributed by atoms with Gasteiger partial charge in [0.2, 0.25) is 5.91 Å².